The monoisotopic (exact) mass is 331 g/mol. The Bertz CT molecular complexity index is 781. The van der Waals surface area contributed by atoms with Crippen LogP contribution in [0.1, 0.15) is 12.5 Å². The van der Waals surface area contributed by atoms with Crippen LogP contribution in [0.5, 0.6) is 5.75 Å². The summed E-state index contributed by atoms with van der Waals surface area (Å²) >= 11 is 5.91. The summed E-state index contributed by atoms with van der Waals surface area (Å²) in [6.45, 7) is 1.66. The van der Waals surface area contributed by atoms with Crippen LogP contribution < -0.4 is 15.4 Å². The highest BCUT2D eigenvalue weighted by Gasteiger charge is 2.47. The second-order valence-electron chi connectivity index (χ2n) is 5.25. The Balaban J connectivity index is 1.75. The van der Waals surface area contributed by atoms with Gasteiger partial charge in [-0.3, -0.25) is 9.59 Å². The smallest absolute Gasteiger partial charge is 0.279 e. The second-order valence-corrected chi connectivity index (χ2v) is 5.69. The van der Waals surface area contributed by atoms with Crippen molar-refractivity contribution in [2.24, 2.45) is 0 Å². The Hall–Kier alpha value is -2.60. The number of fused-ring (bicyclic) bond motifs is 1. The number of benzene rings is 1. The van der Waals surface area contributed by atoms with Gasteiger partial charge in [-0.1, -0.05) is 23.7 Å². The lowest BCUT2D eigenvalue weighted by atomic mass is 10.0. The lowest BCUT2D eigenvalue weighted by molar-refractivity contribution is -0.146. The van der Waals surface area contributed by atoms with Crippen molar-refractivity contribution in [3.63, 3.8) is 0 Å². The molecule has 1 aromatic heterocycles. The van der Waals surface area contributed by atoms with Crippen molar-refractivity contribution in [2.45, 2.75) is 19.1 Å². The van der Waals surface area contributed by atoms with Gasteiger partial charge >= 0.3 is 0 Å². The van der Waals surface area contributed by atoms with Crippen LogP contribution in [0.3, 0.4) is 0 Å². The number of hydrogen-bond donors (Lipinski definition) is 2. The van der Waals surface area contributed by atoms with Gasteiger partial charge in [0.2, 0.25) is 0 Å². The molecule has 2 amide bonds. The molecule has 0 bridgehead atoms. The van der Waals surface area contributed by atoms with E-state index in [-0.39, 0.29) is 6.54 Å². The highest BCUT2D eigenvalue weighted by Crippen LogP contribution is 2.31. The molecule has 0 saturated carbocycles. The fourth-order valence-electron chi connectivity index (χ4n) is 2.21. The third-order valence-corrected chi connectivity index (χ3v) is 3.76. The van der Waals surface area contributed by atoms with Crippen LogP contribution in [0.4, 0.5) is 5.82 Å². The van der Waals surface area contributed by atoms with Gasteiger partial charge in [0, 0.05) is 17.8 Å². The van der Waals surface area contributed by atoms with E-state index in [2.05, 4.69) is 15.6 Å². The van der Waals surface area contributed by atoms with Crippen LogP contribution in [-0.4, -0.2) is 22.4 Å². The summed E-state index contributed by atoms with van der Waals surface area (Å²) in [5, 5.41) is 5.85. The Kier molecular flexibility index (Phi) is 3.92. The summed E-state index contributed by atoms with van der Waals surface area (Å²) in [6, 6.07) is 10.4. The summed E-state index contributed by atoms with van der Waals surface area (Å²) in [7, 11) is 0. The van der Waals surface area contributed by atoms with Crippen LogP contribution in [0.15, 0.2) is 42.6 Å². The van der Waals surface area contributed by atoms with E-state index in [1.165, 1.54) is 13.1 Å². The molecule has 0 spiro atoms. The Morgan fingerprint density at radius 2 is 2.22 bits per heavy atom. The van der Waals surface area contributed by atoms with Crippen molar-refractivity contribution in [1.29, 1.82) is 0 Å². The molecular weight excluding hydrogens is 318 g/mol. The minimum absolute atomic E-state index is 0.242. The molecule has 1 atom stereocenters. The van der Waals surface area contributed by atoms with Gasteiger partial charge in [0.1, 0.15) is 0 Å². The molecule has 0 unspecified atom stereocenters. The van der Waals surface area contributed by atoms with Gasteiger partial charge in [0.15, 0.2) is 11.6 Å². The molecule has 6 nitrogen and oxygen atoms in total. The van der Waals surface area contributed by atoms with E-state index in [1.807, 2.05) is 6.07 Å². The summed E-state index contributed by atoms with van der Waals surface area (Å²) in [4.78, 5) is 28.7. The van der Waals surface area contributed by atoms with E-state index >= 15 is 0 Å². The SMILES string of the molecule is C[C@]1(C(=O)NCc2cccc(Cl)c2)Oc2cccnc2NC1=O. The van der Waals surface area contributed by atoms with Gasteiger partial charge in [0.25, 0.3) is 17.4 Å². The molecular formula is C16H14ClN3O3. The van der Waals surface area contributed by atoms with Crippen molar-refractivity contribution in [1.82, 2.24) is 10.3 Å². The first-order chi connectivity index (χ1) is 11.0. The predicted molar refractivity (Wildman–Crippen MR) is 85.2 cm³/mol. The molecule has 118 valence electrons. The first-order valence-corrected chi connectivity index (χ1v) is 7.35. The van der Waals surface area contributed by atoms with Crippen molar-refractivity contribution in [3.8, 4) is 5.75 Å². The minimum atomic E-state index is -1.66. The fourth-order valence-corrected chi connectivity index (χ4v) is 2.42. The van der Waals surface area contributed by atoms with Gasteiger partial charge in [-0.15, -0.1) is 0 Å². The average molecular weight is 332 g/mol. The molecule has 0 radical (unpaired) electrons. The van der Waals surface area contributed by atoms with E-state index in [4.69, 9.17) is 16.3 Å². The Morgan fingerprint density at radius 1 is 1.39 bits per heavy atom. The third-order valence-electron chi connectivity index (χ3n) is 3.53. The Labute approximate surface area is 137 Å². The average Bonchev–Trinajstić information content (AvgIpc) is 2.53. The highest BCUT2D eigenvalue weighted by molar-refractivity contribution is 6.30. The molecule has 0 saturated heterocycles. The van der Waals surface area contributed by atoms with Crippen LogP contribution in [-0.2, 0) is 16.1 Å². The van der Waals surface area contributed by atoms with E-state index in [9.17, 15) is 9.59 Å². The molecule has 0 fully saturated rings. The molecule has 2 N–H and O–H groups in total. The summed E-state index contributed by atoms with van der Waals surface area (Å²) in [5.41, 5.74) is -0.832. The zero-order valence-electron chi connectivity index (χ0n) is 12.3. The third kappa shape index (κ3) is 2.98. The quantitative estimate of drug-likeness (QED) is 0.844. The molecule has 2 heterocycles. The van der Waals surface area contributed by atoms with Crippen molar-refractivity contribution in [2.75, 3.05) is 5.32 Å². The largest absolute Gasteiger partial charge is 0.464 e. The normalized spacial score (nSPS) is 19.3. The van der Waals surface area contributed by atoms with Crippen LogP contribution in [0, 0.1) is 0 Å². The van der Waals surface area contributed by atoms with E-state index in [0.717, 1.165) is 5.56 Å². The lowest BCUT2D eigenvalue weighted by Crippen LogP contribution is -2.58. The number of hydrogen-bond acceptors (Lipinski definition) is 4. The summed E-state index contributed by atoms with van der Waals surface area (Å²) < 4.78 is 5.59. The molecule has 23 heavy (non-hydrogen) atoms. The highest BCUT2D eigenvalue weighted by atomic mass is 35.5. The molecule has 1 aliphatic heterocycles. The Morgan fingerprint density at radius 3 is 3.00 bits per heavy atom. The number of amides is 2. The number of carbonyl (C=O) groups is 2. The number of carbonyl (C=O) groups excluding carboxylic acids is 2. The fraction of sp³-hybridized carbons (Fsp3) is 0.188. The van der Waals surface area contributed by atoms with Gasteiger partial charge in [0.05, 0.1) is 0 Å². The maximum absolute atomic E-state index is 12.4. The van der Waals surface area contributed by atoms with Gasteiger partial charge in [-0.25, -0.2) is 4.98 Å². The molecule has 0 aliphatic carbocycles. The molecule has 2 aromatic rings. The topological polar surface area (TPSA) is 80.3 Å². The lowest BCUT2D eigenvalue weighted by Gasteiger charge is -2.32. The number of halogens is 1. The van der Waals surface area contributed by atoms with Crippen LogP contribution >= 0.6 is 11.6 Å². The number of nitrogens with zero attached hydrogens (tertiary/aromatic N) is 1. The van der Waals surface area contributed by atoms with Crippen molar-refractivity contribution in [3.05, 3.63) is 53.2 Å². The van der Waals surface area contributed by atoms with Gasteiger partial charge < -0.3 is 15.4 Å². The maximum atomic E-state index is 12.4. The van der Waals surface area contributed by atoms with Gasteiger partial charge in [-0.2, -0.15) is 0 Å². The number of nitrogens with one attached hydrogen (secondary N) is 2. The minimum Gasteiger partial charge on any atom is -0.464 e. The predicted octanol–water partition coefficient (Wildman–Crippen LogP) is 2.14. The molecule has 3 rings (SSSR count). The van der Waals surface area contributed by atoms with Crippen molar-refractivity contribution >= 4 is 29.2 Å². The number of anilines is 1. The molecule has 1 aromatic carbocycles. The standard InChI is InChI=1S/C16H14ClN3O3/c1-16(14(21)19-9-10-4-2-5-11(17)8-10)15(22)20-13-12(23-16)6-3-7-18-13/h2-8H,9H2,1H3,(H,19,21)(H,18,20,22)/t16-/m1/s1. The van der Waals surface area contributed by atoms with Crippen LogP contribution in [0.2, 0.25) is 5.02 Å². The van der Waals surface area contributed by atoms with Crippen molar-refractivity contribution < 1.29 is 14.3 Å². The first kappa shape index (κ1) is 15.3. The summed E-state index contributed by atoms with van der Waals surface area (Å²) in [6.07, 6.45) is 1.53. The first-order valence-electron chi connectivity index (χ1n) is 6.97. The van der Waals surface area contributed by atoms with E-state index < -0.39 is 17.4 Å². The number of aromatic nitrogens is 1. The molecule has 7 heteroatoms. The number of rotatable bonds is 3. The van der Waals surface area contributed by atoms with E-state index in [0.29, 0.717) is 16.6 Å². The van der Waals surface area contributed by atoms with Gasteiger partial charge in [-0.05, 0) is 36.8 Å². The zero-order chi connectivity index (χ0) is 16.4. The second kappa shape index (κ2) is 5.89. The zero-order valence-corrected chi connectivity index (χ0v) is 13.1. The number of pyridine rings is 1. The number of ether oxygens (including phenoxy) is 1. The van der Waals surface area contributed by atoms with Crippen LogP contribution in [0.25, 0.3) is 0 Å². The van der Waals surface area contributed by atoms with E-state index in [1.54, 1.807) is 30.3 Å². The summed E-state index contributed by atoms with van der Waals surface area (Å²) in [5.74, 6) is -0.443. The molecule has 1 aliphatic rings. The maximum Gasteiger partial charge on any atom is 0.279 e.